The zero-order chi connectivity index (χ0) is 12.5. The highest BCUT2D eigenvalue weighted by Gasteiger charge is 2.16. The predicted molar refractivity (Wildman–Crippen MR) is 66.4 cm³/mol. The van der Waals surface area contributed by atoms with Crippen LogP contribution in [0.2, 0.25) is 0 Å². The number of carbonyl (C=O) groups is 1. The van der Waals surface area contributed by atoms with E-state index in [1.54, 1.807) is 11.4 Å². The summed E-state index contributed by atoms with van der Waals surface area (Å²) in [5, 5.41) is 8.96. The largest absolute Gasteiger partial charge is 0.461 e. The van der Waals surface area contributed by atoms with Crippen molar-refractivity contribution in [1.82, 2.24) is 14.8 Å². The quantitative estimate of drug-likeness (QED) is 0.644. The number of esters is 1. The Balaban J connectivity index is 2.26. The number of fused-ring (bicyclic) bond motifs is 3. The average molecular weight is 241 g/mol. The summed E-state index contributed by atoms with van der Waals surface area (Å²) >= 11 is 0. The standard InChI is InChI=1S/C13H11N3O2/c1-2-18-13(17)12-11-8-7-9-5-3-4-6-10(9)16(11)15-14-12/h3-8H,2H2,1H3. The van der Waals surface area contributed by atoms with Crippen LogP contribution < -0.4 is 0 Å². The summed E-state index contributed by atoms with van der Waals surface area (Å²) in [6.45, 7) is 2.09. The molecule has 0 aliphatic heterocycles. The normalized spacial score (nSPS) is 10.9. The zero-order valence-electron chi connectivity index (χ0n) is 9.83. The Hall–Kier alpha value is -2.43. The van der Waals surface area contributed by atoms with E-state index in [0.717, 1.165) is 10.9 Å². The number of rotatable bonds is 2. The molecule has 0 fully saturated rings. The maximum absolute atomic E-state index is 11.7. The van der Waals surface area contributed by atoms with Crippen LogP contribution in [0, 0.1) is 0 Å². The van der Waals surface area contributed by atoms with Gasteiger partial charge in [0, 0.05) is 5.39 Å². The number of pyridine rings is 1. The van der Waals surface area contributed by atoms with Crippen LogP contribution in [0.4, 0.5) is 0 Å². The molecule has 1 aromatic carbocycles. The van der Waals surface area contributed by atoms with Gasteiger partial charge in [-0.15, -0.1) is 5.10 Å². The van der Waals surface area contributed by atoms with Crippen molar-refractivity contribution in [2.45, 2.75) is 6.92 Å². The second-order valence-electron chi connectivity index (χ2n) is 3.85. The summed E-state index contributed by atoms with van der Waals surface area (Å²) in [5.41, 5.74) is 1.83. The molecule has 3 rings (SSSR count). The van der Waals surface area contributed by atoms with Gasteiger partial charge in [0.2, 0.25) is 0 Å². The molecule has 5 nitrogen and oxygen atoms in total. The lowest BCUT2D eigenvalue weighted by Crippen LogP contribution is -2.05. The maximum atomic E-state index is 11.7. The van der Waals surface area contributed by atoms with E-state index in [4.69, 9.17) is 4.74 Å². The Kier molecular flexibility index (Phi) is 2.44. The number of carbonyl (C=O) groups excluding carboxylic acids is 1. The first-order valence-corrected chi connectivity index (χ1v) is 5.71. The van der Waals surface area contributed by atoms with E-state index in [-0.39, 0.29) is 5.69 Å². The predicted octanol–water partition coefficient (Wildman–Crippen LogP) is 2.06. The second kappa shape index (κ2) is 4.10. The van der Waals surface area contributed by atoms with Crippen molar-refractivity contribution in [2.75, 3.05) is 6.61 Å². The molecule has 0 amide bonds. The van der Waals surface area contributed by atoms with Crippen LogP contribution in [0.3, 0.4) is 0 Å². The molecule has 18 heavy (non-hydrogen) atoms. The lowest BCUT2D eigenvalue weighted by molar-refractivity contribution is 0.0521. The fourth-order valence-corrected chi connectivity index (χ4v) is 1.95. The summed E-state index contributed by atoms with van der Waals surface area (Å²) in [5.74, 6) is -0.442. The lowest BCUT2D eigenvalue weighted by Gasteiger charge is -2.01. The molecular weight excluding hydrogens is 230 g/mol. The van der Waals surface area contributed by atoms with Gasteiger partial charge in [0.15, 0.2) is 5.69 Å². The van der Waals surface area contributed by atoms with Crippen molar-refractivity contribution < 1.29 is 9.53 Å². The summed E-state index contributed by atoms with van der Waals surface area (Å²) in [6, 6.07) is 11.6. The molecule has 0 spiro atoms. The first kappa shape index (κ1) is 10.7. The Labute approximate surface area is 103 Å². The molecule has 0 unspecified atom stereocenters. The molecular formula is C13H11N3O2. The maximum Gasteiger partial charge on any atom is 0.361 e. The minimum atomic E-state index is -0.442. The van der Waals surface area contributed by atoms with Crippen LogP contribution >= 0.6 is 0 Å². The van der Waals surface area contributed by atoms with Crippen molar-refractivity contribution in [3.8, 4) is 0 Å². The third kappa shape index (κ3) is 1.52. The molecule has 0 radical (unpaired) electrons. The Morgan fingerprint density at radius 1 is 1.22 bits per heavy atom. The number of nitrogens with zero attached hydrogens (tertiary/aromatic N) is 3. The van der Waals surface area contributed by atoms with Crippen molar-refractivity contribution in [3.63, 3.8) is 0 Å². The van der Waals surface area contributed by atoms with Crippen LogP contribution in [-0.4, -0.2) is 27.4 Å². The second-order valence-corrected chi connectivity index (χ2v) is 3.85. The van der Waals surface area contributed by atoms with Crippen LogP contribution in [0.1, 0.15) is 17.4 Å². The van der Waals surface area contributed by atoms with E-state index >= 15 is 0 Å². The number of aromatic nitrogens is 3. The van der Waals surface area contributed by atoms with E-state index in [2.05, 4.69) is 10.3 Å². The molecule has 3 aromatic rings. The minimum absolute atomic E-state index is 0.252. The molecule has 0 aliphatic rings. The molecule has 0 atom stereocenters. The minimum Gasteiger partial charge on any atom is -0.461 e. The molecule has 2 aromatic heterocycles. The van der Waals surface area contributed by atoms with Crippen LogP contribution in [0.15, 0.2) is 36.4 Å². The molecule has 0 aliphatic carbocycles. The Morgan fingerprint density at radius 2 is 2.06 bits per heavy atom. The number of hydrogen-bond donors (Lipinski definition) is 0. The third-order valence-electron chi connectivity index (χ3n) is 2.76. The lowest BCUT2D eigenvalue weighted by atomic mass is 10.2. The van der Waals surface area contributed by atoms with E-state index in [1.807, 2.05) is 36.4 Å². The highest BCUT2D eigenvalue weighted by molar-refractivity contribution is 5.96. The van der Waals surface area contributed by atoms with Gasteiger partial charge in [-0.2, -0.15) is 0 Å². The van der Waals surface area contributed by atoms with Gasteiger partial charge in [0.05, 0.1) is 12.1 Å². The van der Waals surface area contributed by atoms with Crippen LogP contribution in [-0.2, 0) is 4.74 Å². The van der Waals surface area contributed by atoms with E-state index in [1.165, 1.54) is 0 Å². The molecule has 0 bridgehead atoms. The monoisotopic (exact) mass is 241 g/mol. The molecule has 90 valence electrons. The number of hydrogen-bond acceptors (Lipinski definition) is 4. The fraction of sp³-hybridized carbons (Fsp3) is 0.154. The molecule has 0 saturated heterocycles. The van der Waals surface area contributed by atoms with Crippen molar-refractivity contribution >= 4 is 22.4 Å². The summed E-state index contributed by atoms with van der Waals surface area (Å²) in [4.78, 5) is 11.7. The van der Waals surface area contributed by atoms with Gasteiger partial charge in [-0.25, -0.2) is 9.31 Å². The van der Waals surface area contributed by atoms with E-state index < -0.39 is 5.97 Å². The van der Waals surface area contributed by atoms with Gasteiger partial charge in [-0.3, -0.25) is 0 Å². The fourth-order valence-electron chi connectivity index (χ4n) is 1.95. The number of benzene rings is 1. The van der Waals surface area contributed by atoms with Gasteiger partial charge in [-0.1, -0.05) is 29.5 Å². The van der Waals surface area contributed by atoms with E-state index in [0.29, 0.717) is 12.1 Å². The summed E-state index contributed by atoms with van der Waals surface area (Å²) in [6.07, 6.45) is 0. The number of ether oxygens (including phenoxy) is 1. The molecule has 0 N–H and O–H groups in total. The highest BCUT2D eigenvalue weighted by atomic mass is 16.5. The molecule has 5 heteroatoms. The van der Waals surface area contributed by atoms with Crippen molar-refractivity contribution in [2.24, 2.45) is 0 Å². The van der Waals surface area contributed by atoms with Crippen LogP contribution in [0.5, 0.6) is 0 Å². The van der Waals surface area contributed by atoms with Gasteiger partial charge < -0.3 is 4.74 Å². The van der Waals surface area contributed by atoms with Gasteiger partial charge in [-0.05, 0) is 19.1 Å². The van der Waals surface area contributed by atoms with Gasteiger partial charge in [0.25, 0.3) is 0 Å². The van der Waals surface area contributed by atoms with Crippen molar-refractivity contribution in [1.29, 1.82) is 0 Å². The summed E-state index contributed by atoms with van der Waals surface area (Å²) in [7, 11) is 0. The molecule has 0 saturated carbocycles. The SMILES string of the molecule is CCOC(=O)c1nnn2c1ccc1ccccc12. The van der Waals surface area contributed by atoms with Crippen LogP contribution in [0.25, 0.3) is 16.4 Å². The number of para-hydroxylation sites is 1. The van der Waals surface area contributed by atoms with Crippen molar-refractivity contribution in [3.05, 3.63) is 42.1 Å². The highest BCUT2D eigenvalue weighted by Crippen LogP contribution is 2.18. The van der Waals surface area contributed by atoms with Gasteiger partial charge >= 0.3 is 5.97 Å². The Morgan fingerprint density at radius 3 is 2.89 bits per heavy atom. The zero-order valence-corrected chi connectivity index (χ0v) is 9.83. The Bertz CT molecular complexity index is 733. The summed E-state index contributed by atoms with van der Waals surface area (Å²) < 4.78 is 6.61. The smallest absolute Gasteiger partial charge is 0.361 e. The van der Waals surface area contributed by atoms with E-state index in [9.17, 15) is 4.79 Å². The molecule has 2 heterocycles. The van der Waals surface area contributed by atoms with Gasteiger partial charge in [0.1, 0.15) is 5.52 Å². The first-order valence-electron chi connectivity index (χ1n) is 5.71. The first-order chi connectivity index (χ1) is 8.81. The topological polar surface area (TPSA) is 56.5 Å². The third-order valence-corrected chi connectivity index (χ3v) is 2.76. The average Bonchev–Trinajstić information content (AvgIpc) is 2.83.